The second kappa shape index (κ2) is 4.28. The largest absolute Gasteiger partial charge is 0.460 e. The molecule has 0 aliphatic carbocycles. The van der Waals surface area contributed by atoms with Gasteiger partial charge in [-0.1, -0.05) is 0 Å². The third-order valence-corrected chi connectivity index (χ3v) is 4.26. The summed E-state index contributed by atoms with van der Waals surface area (Å²) in [5, 5.41) is 6.73. The minimum Gasteiger partial charge on any atom is -0.460 e. The average molecular weight is 275 g/mol. The normalized spacial score (nSPS) is 28.1. The highest BCUT2D eigenvalue weighted by atomic mass is 19.1. The summed E-state index contributed by atoms with van der Waals surface area (Å²) in [5.74, 6) is -0.732. The van der Waals surface area contributed by atoms with Gasteiger partial charge in [0.15, 0.2) is 11.4 Å². The van der Waals surface area contributed by atoms with Gasteiger partial charge in [0.25, 0.3) is 5.91 Å². The number of carbonyl (C=O) groups excluding carboxylic acids is 1. The van der Waals surface area contributed by atoms with Crippen LogP contribution in [-0.2, 0) is 0 Å². The van der Waals surface area contributed by atoms with E-state index in [1.54, 1.807) is 0 Å². The Morgan fingerprint density at radius 1 is 1.50 bits per heavy atom. The molecule has 4 heterocycles. The molecule has 2 aliphatic rings. The van der Waals surface area contributed by atoms with Gasteiger partial charge < -0.3 is 15.1 Å². The maximum absolute atomic E-state index is 13.5. The Labute approximate surface area is 114 Å². The first-order chi connectivity index (χ1) is 9.70. The van der Waals surface area contributed by atoms with Crippen LogP contribution in [0.3, 0.4) is 0 Å². The number of fused-ring (bicyclic) bond motifs is 3. The van der Waals surface area contributed by atoms with Crippen molar-refractivity contribution >= 4 is 16.9 Å². The van der Waals surface area contributed by atoms with E-state index in [0.717, 1.165) is 19.1 Å². The summed E-state index contributed by atoms with van der Waals surface area (Å²) in [5.41, 5.74) is 0.571. The van der Waals surface area contributed by atoms with Gasteiger partial charge in [0.1, 0.15) is 12.0 Å². The number of carbonyl (C=O) groups is 1. The number of rotatable bonds is 2. The number of aromatic nitrogens is 1. The SMILES string of the molecule is O=C(N[C@@H]1C[C@H]2CC[C@@H]1N2)c1cc2c(F)coc2cn1. The van der Waals surface area contributed by atoms with E-state index < -0.39 is 5.82 Å². The maximum atomic E-state index is 13.5. The molecule has 2 aliphatic heterocycles. The van der Waals surface area contributed by atoms with Gasteiger partial charge in [-0.3, -0.25) is 4.79 Å². The molecule has 0 spiro atoms. The van der Waals surface area contributed by atoms with Gasteiger partial charge in [-0.05, 0) is 25.3 Å². The Balaban J connectivity index is 1.56. The highest BCUT2D eigenvalue weighted by Gasteiger charge is 2.39. The second-order valence-corrected chi connectivity index (χ2v) is 5.51. The Hall–Kier alpha value is -1.95. The molecule has 2 N–H and O–H groups in total. The van der Waals surface area contributed by atoms with E-state index in [9.17, 15) is 9.18 Å². The smallest absolute Gasteiger partial charge is 0.270 e. The van der Waals surface area contributed by atoms with Gasteiger partial charge in [-0.15, -0.1) is 0 Å². The van der Waals surface area contributed by atoms with Crippen LogP contribution in [0.5, 0.6) is 0 Å². The molecule has 0 radical (unpaired) electrons. The highest BCUT2D eigenvalue weighted by Crippen LogP contribution is 2.28. The third-order valence-electron chi connectivity index (χ3n) is 4.26. The zero-order valence-electron chi connectivity index (χ0n) is 10.7. The number of hydrogen-bond acceptors (Lipinski definition) is 4. The first-order valence-electron chi connectivity index (χ1n) is 6.80. The molecular formula is C14H14FN3O2. The highest BCUT2D eigenvalue weighted by molar-refractivity contribution is 5.95. The lowest BCUT2D eigenvalue weighted by atomic mass is 9.95. The minimum absolute atomic E-state index is 0.146. The van der Waals surface area contributed by atoms with Gasteiger partial charge in [-0.25, -0.2) is 9.37 Å². The molecule has 2 aromatic rings. The van der Waals surface area contributed by atoms with E-state index in [1.165, 1.54) is 18.7 Å². The van der Waals surface area contributed by atoms with Crippen molar-refractivity contribution in [2.45, 2.75) is 37.4 Å². The predicted octanol–water partition coefficient (Wildman–Crippen LogP) is 1.59. The average Bonchev–Trinajstić information content (AvgIpc) is 3.15. The van der Waals surface area contributed by atoms with Crippen LogP contribution in [0.1, 0.15) is 29.8 Å². The molecular weight excluding hydrogens is 261 g/mol. The minimum atomic E-state index is -0.474. The lowest BCUT2D eigenvalue weighted by molar-refractivity contribution is 0.0926. The molecule has 3 atom stereocenters. The van der Waals surface area contributed by atoms with Crippen molar-refractivity contribution in [3.8, 4) is 0 Å². The van der Waals surface area contributed by atoms with E-state index in [4.69, 9.17) is 4.42 Å². The molecule has 20 heavy (non-hydrogen) atoms. The molecule has 2 bridgehead atoms. The molecule has 6 heteroatoms. The molecule has 0 unspecified atom stereocenters. The molecule has 2 saturated heterocycles. The van der Waals surface area contributed by atoms with Crippen LogP contribution in [0, 0.1) is 5.82 Å². The Bertz CT molecular complexity index is 684. The van der Waals surface area contributed by atoms with Crippen LogP contribution in [0.4, 0.5) is 4.39 Å². The standard InChI is InChI=1S/C14H14FN3O2/c15-9-6-20-13-5-16-12(4-8(9)13)14(19)18-11-3-7-1-2-10(11)17-7/h4-7,10-11,17H,1-3H2,(H,18,19)/t7-,10+,11-/m1/s1. The summed E-state index contributed by atoms with van der Waals surface area (Å²) < 4.78 is 18.4. The Kier molecular flexibility index (Phi) is 2.53. The van der Waals surface area contributed by atoms with E-state index in [2.05, 4.69) is 15.6 Å². The zero-order valence-corrected chi connectivity index (χ0v) is 10.7. The molecule has 2 aromatic heterocycles. The van der Waals surface area contributed by atoms with Crippen molar-refractivity contribution in [2.24, 2.45) is 0 Å². The number of nitrogens with zero attached hydrogens (tertiary/aromatic N) is 1. The Morgan fingerprint density at radius 3 is 3.15 bits per heavy atom. The summed E-state index contributed by atoms with van der Waals surface area (Å²) >= 11 is 0. The fourth-order valence-electron chi connectivity index (χ4n) is 3.25. The number of amides is 1. The first kappa shape index (κ1) is 11.8. The predicted molar refractivity (Wildman–Crippen MR) is 69.8 cm³/mol. The van der Waals surface area contributed by atoms with Gasteiger partial charge in [0.2, 0.25) is 0 Å². The van der Waals surface area contributed by atoms with Gasteiger partial charge >= 0.3 is 0 Å². The van der Waals surface area contributed by atoms with Crippen molar-refractivity contribution in [3.63, 3.8) is 0 Å². The van der Waals surface area contributed by atoms with Crippen LogP contribution in [-0.4, -0.2) is 29.0 Å². The van der Waals surface area contributed by atoms with Crippen LogP contribution in [0.2, 0.25) is 0 Å². The van der Waals surface area contributed by atoms with Crippen LogP contribution in [0.25, 0.3) is 11.0 Å². The topological polar surface area (TPSA) is 67.2 Å². The lowest BCUT2D eigenvalue weighted by Gasteiger charge is -2.21. The number of nitrogens with one attached hydrogen (secondary N) is 2. The second-order valence-electron chi connectivity index (χ2n) is 5.51. The molecule has 2 fully saturated rings. The maximum Gasteiger partial charge on any atom is 0.270 e. The zero-order chi connectivity index (χ0) is 13.7. The van der Waals surface area contributed by atoms with Crippen molar-refractivity contribution in [2.75, 3.05) is 0 Å². The molecule has 0 saturated carbocycles. The summed E-state index contributed by atoms with van der Waals surface area (Å²) in [7, 11) is 0. The monoisotopic (exact) mass is 275 g/mol. The molecule has 0 aromatic carbocycles. The number of furan rings is 1. The summed E-state index contributed by atoms with van der Waals surface area (Å²) in [6, 6.07) is 2.46. The number of hydrogen-bond donors (Lipinski definition) is 2. The van der Waals surface area contributed by atoms with Crippen LogP contribution >= 0.6 is 0 Å². The van der Waals surface area contributed by atoms with Crippen LogP contribution < -0.4 is 10.6 Å². The van der Waals surface area contributed by atoms with Crippen molar-refractivity contribution in [1.82, 2.24) is 15.6 Å². The summed E-state index contributed by atoms with van der Waals surface area (Å²) in [4.78, 5) is 16.2. The van der Waals surface area contributed by atoms with Gasteiger partial charge in [-0.2, -0.15) is 0 Å². The fourth-order valence-corrected chi connectivity index (χ4v) is 3.25. The number of halogens is 1. The summed E-state index contributed by atoms with van der Waals surface area (Å²) in [6.07, 6.45) is 5.64. The first-order valence-corrected chi connectivity index (χ1v) is 6.80. The number of pyridine rings is 1. The van der Waals surface area contributed by atoms with Gasteiger partial charge in [0.05, 0.1) is 11.6 Å². The lowest BCUT2D eigenvalue weighted by Crippen LogP contribution is -2.43. The van der Waals surface area contributed by atoms with Crippen molar-refractivity contribution < 1.29 is 13.6 Å². The summed E-state index contributed by atoms with van der Waals surface area (Å²) in [6.45, 7) is 0. The van der Waals surface area contributed by atoms with Crippen LogP contribution in [0.15, 0.2) is 22.9 Å². The molecule has 1 amide bonds. The Morgan fingerprint density at radius 2 is 2.40 bits per heavy atom. The molecule has 4 rings (SSSR count). The quantitative estimate of drug-likeness (QED) is 0.873. The van der Waals surface area contributed by atoms with E-state index in [1.807, 2.05) is 0 Å². The van der Waals surface area contributed by atoms with E-state index in [-0.39, 0.29) is 23.0 Å². The third kappa shape index (κ3) is 1.79. The fraction of sp³-hybridized carbons (Fsp3) is 0.429. The van der Waals surface area contributed by atoms with E-state index >= 15 is 0 Å². The van der Waals surface area contributed by atoms with E-state index in [0.29, 0.717) is 17.7 Å². The van der Waals surface area contributed by atoms with Crippen molar-refractivity contribution in [3.05, 3.63) is 30.0 Å². The molecule has 5 nitrogen and oxygen atoms in total. The van der Waals surface area contributed by atoms with Gasteiger partial charge in [0, 0.05) is 18.1 Å². The molecule has 104 valence electrons. The van der Waals surface area contributed by atoms with Crippen molar-refractivity contribution in [1.29, 1.82) is 0 Å².